The van der Waals surface area contributed by atoms with E-state index in [1.165, 1.54) is 13.2 Å². The smallest absolute Gasteiger partial charge is 0.356 e. The summed E-state index contributed by atoms with van der Waals surface area (Å²) in [5.74, 6) is -0.334. The zero-order chi connectivity index (χ0) is 14.8. The van der Waals surface area contributed by atoms with Crippen molar-refractivity contribution in [1.29, 1.82) is 0 Å². The lowest BCUT2D eigenvalue weighted by molar-refractivity contribution is 0.0591. The number of anilines is 1. The van der Waals surface area contributed by atoms with Gasteiger partial charge in [-0.15, -0.1) is 0 Å². The summed E-state index contributed by atoms with van der Waals surface area (Å²) in [6.45, 7) is 1.97. The fraction of sp³-hybridized carbons (Fsp3) is 0.538. The highest BCUT2D eigenvalue weighted by molar-refractivity contribution is 5.87. The van der Waals surface area contributed by atoms with Gasteiger partial charge in [0.25, 0.3) is 0 Å². The van der Waals surface area contributed by atoms with E-state index < -0.39 is 5.97 Å². The lowest BCUT2D eigenvalue weighted by atomic mass is 10.3. The Morgan fingerprint density at radius 3 is 2.70 bits per heavy atom. The Kier molecular flexibility index (Phi) is 7.38. The number of rotatable bonds is 9. The summed E-state index contributed by atoms with van der Waals surface area (Å²) < 4.78 is 20.2. The van der Waals surface area contributed by atoms with Crippen LogP contribution in [0.3, 0.4) is 0 Å². The average molecular weight is 284 g/mol. The van der Waals surface area contributed by atoms with Crippen LogP contribution in [0.4, 0.5) is 5.69 Å². The van der Waals surface area contributed by atoms with Gasteiger partial charge in [-0.1, -0.05) is 0 Å². The van der Waals surface area contributed by atoms with Gasteiger partial charge in [0.15, 0.2) is 5.69 Å². The first-order valence-electron chi connectivity index (χ1n) is 6.23. The molecule has 0 aliphatic carbocycles. The summed E-state index contributed by atoms with van der Waals surface area (Å²) in [6.07, 6.45) is 0.828. The lowest BCUT2D eigenvalue weighted by Gasteiger charge is -2.09. The first-order chi connectivity index (χ1) is 9.69. The number of esters is 1. The number of aromatic nitrogens is 1. The third-order valence-electron chi connectivity index (χ3n) is 2.39. The normalized spacial score (nSPS) is 10.3. The third-order valence-corrected chi connectivity index (χ3v) is 2.39. The first kappa shape index (κ1) is 16.2. The van der Waals surface area contributed by atoms with Crippen molar-refractivity contribution in [2.24, 2.45) is 0 Å². The Morgan fingerprint density at radius 2 is 2.00 bits per heavy atom. The molecule has 1 heterocycles. The largest absolute Gasteiger partial charge is 0.474 e. The fourth-order valence-corrected chi connectivity index (χ4v) is 1.39. The molecule has 0 spiro atoms. The Morgan fingerprint density at radius 1 is 1.20 bits per heavy atom. The van der Waals surface area contributed by atoms with E-state index in [0.29, 0.717) is 32.1 Å². The number of carbonyl (C=O) groups is 1. The number of hydrogen-bond acceptors (Lipinski definition) is 7. The molecule has 0 saturated heterocycles. The topological polar surface area (TPSA) is 92.9 Å². The van der Waals surface area contributed by atoms with Crippen molar-refractivity contribution in [3.8, 4) is 5.88 Å². The number of hydrogen-bond donors (Lipinski definition) is 1. The van der Waals surface area contributed by atoms with Gasteiger partial charge in [-0.05, 0) is 18.6 Å². The monoisotopic (exact) mass is 284 g/mol. The van der Waals surface area contributed by atoms with Crippen LogP contribution in [0.5, 0.6) is 5.88 Å². The number of nitrogen functional groups attached to an aromatic ring is 1. The number of ether oxygens (including phenoxy) is 4. The molecule has 0 aliphatic heterocycles. The van der Waals surface area contributed by atoms with Crippen LogP contribution in [0.2, 0.25) is 0 Å². The van der Waals surface area contributed by atoms with Gasteiger partial charge in [0.05, 0.1) is 19.4 Å². The van der Waals surface area contributed by atoms with Crippen molar-refractivity contribution < 1.29 is 23.7 Å². The molecule has 0 aliphatic rings. The van der Waals surface area contributed by atoms with Crippen LogP contribution < -0.4 is 10.5 Å². The van der Waals surface area contributed by atoms with E-state index in [1.807, 2.05) is 0 Å². The van der Waals surface area contributed by atoms with E-state index >= 15 is 0 Å². The molecule has 0 fully saturated rings. The maximum atomic E-state index is 11.3. The molecule has 0 aromatic carbocycles. The van der Waals surface area contributed by atoms with Gasteiger partial charge in [0, 0.05) is 20.3 Å². The second-order valence-corrected chi connectivity index (χ2v) is 3.89. The molecule has 7 nitrogen and oxygen atoms in total. The molecule has 112 valence electrons. The van der Waals surface area contributed by atoms with Crippen molar-refractivity contribution in [3.05, 3.63) is 17.8 Å². The van der Waals surface area contributed by atoms with Crippen LogP contribution in [0.25, 0.3) is 0 Å². The van der Waals surface area contributed by atoms with E-state index in [4.69, 9.17) is 19.9 Å². The van der Waals surface area contributed by atoms with Crippen molar-refractivity contribution in [2.75, 3.05) is 46.4 Å². The van der Waals surface area contributed by atoms with Crippen LogP contribution in [-0.4, -0.2) is 51.6 Å². The zero-order valence-corrected chi connectivity index (χ0v) is 11.8. The van der Waals surface area contributed by atoms with Gasteiger partial charge in [-0.2, -0.15) is 0 Å². The number of carbonyl (C=O) groups excluding carboxylic acids is 1. The number of methoxy groups -OCH3 is 2. The number of nitrogens with two attached hydrogens (primary N) is 1. The van der Waals surface area contributed by atoms with Crippen LogP contribution in [0.15, 0.2) is 12.1 Å². The number of nitrogens with zero attached hydrogens (tertiary/aromatic N) is 1. The van der Waals surface area contributed by atoms with E-state index in [-0.39, 0.29) is 11.6 Å². The standard InChI is InChI=1S/C13H20N2O5/c1-17-6-3-7-19-8-9-20-12-10(14)4-5-11(15-12)13(16)18-2/h4-5H,3,6-9,14H2,1-2H3. The van der Waals surface area contributed by atoms with Crippen molar-refractivity contribution in [3.63, 3.8) is 0 Å². The van der Waals surface area contributed by atoms with Gasteiger partial charge in [-0.25, -0.2) is 9.78 Å². The highest BCUT2D eigenvalue weighted by Crippen LogP contribution is 2.18. The molecule has 20 heavy (non-hydrogen) atoms. The highest BCUT2D eigenvalue weighted by atomic mass is 16.5. The summed E-state index contributed by atoms with van der Waals surface area (Å²) in [5, 5.41) is 0. The Balaban J connectivity index is 2.37. The van der Waals surface area contributed by atoms with Crippen LogP contribution in [-0.2, 0) is 14.2 Å². The average Bonchev–Trinajstić information content (AvgIpc) is 2.47. The summed E-state index contributed by atoms with van der Waals surface area (Å²) >= 11 is 0. The minimum absolute atomic E-state index is 0.151. The fourth-order valence-electron chi connectivity index (χ4n) is 1.39. The molecule has 7 heteroatoms. The molecule has 1 rings (SSSR count). The predicted octanol–water partition coefficient (Wildman–Crippen LogP) is 0.882. The molecule has 2 N–H and O–H groups in total. The highest BCUT2D eigenvalue weighted by Gasteiger charge is 2.11. The first-order valence-corrected chi connectivity index (χ1v) is 6.23. The van der Waals surface area contributed by atoms with E-state index in [2.05, 4.69) is 9.72 Å². The van der Waals surface area contributed by atoms with E-state index in [0.717, 1.165) is 6.42 Å². The van der Waals surface area contributed by atoms with Gasteiger partial charge in [-0.3, -0.25) is 0 Å². The van der Waals surface area contributed by atoms with Gasteiger partial charge >= 0.3 is 5.97 Å². The minimum atomic E-state index is -0.536. The van der Waals surface area contributed by atoms with Crippen molar-refractivity contribution in [2.45, 2.75) is 6.42 Å². The lowest BCUT2D eigenvalue weighted by Crippen LogP contribution is -2.12. The number of pyridine rings is 1. The van der Waals surface area contributed by atoms with Gasteiger partial charge < -0.3 is 24.7 Å². The van der Waals surface area contributed by atoms with Crippen LogP contribution in [0.1, 0.15) is 16.9 Å². The predicted molar refractivity (Wildman–Crippen MR) is 72.8 cm³/mol. The van der Waals surface area contributed by atoms with Crippen LogP contribution >= 0.6 is 0 Å². The summed E-state index contributed by atoms with van der Waals surface area (Å²) in [6, 6.07) is 3.03. The summed E-state index contributed by atoms with van der Waals surface area (Å²) in [5.41, 5.74) is 6.22. The minimum Gasteiger partial charge on any atom is -0.474 e. The quantitative estimate of drug-likeness (QED) is 0.531. The maximum absolute atomic E-state index is 11.3. The van der Waals surface area contributed by atoms with E-state index in [1.54, 1.807) is 13.2 Å². The molecule has 1 aromatic rings. The molecular weight excluding hydrogens is 264 g/mol. The third kappa shape index (κ3) is 5.41. The summed E-state index contributed by atoms with van der Waals surface area (Å²) in [4.78, 5) is 15.3. The van der Waals surface area contributed by atoms with Crippen molar-refractivity contribution >= 4 is 11.7 Å². The van der Waals surface area contributed by atoms with Crippen molar-refractivity contribution in [1.82, 2.24) is 4.98 Å². The second-order valence-electron chi connectivity index (χ2n) is 3.89. The second kappa shape index (κ2) is 9.11. The summed E-state index contributed by atoms with van der Waals surface area (Å²) in [7, 11) is 2.93. The van der Waals surface area contributed by atoms with E-state index in [9.17, 15) is 4.79 Å². The SMILES string of the molecule is COCCCOCCOc1nc(C(=O)OC)ccc1N. The molecular formula is C13H20N2O5. The molecule has 0 bridgehead atoms. The molecule has 0 saturated carbocycles. The molecule has 0 amide bonds. The molecule has 0 radical (unpaired) electrons. The van der Waals surface area contributed by atoms with Crippen LogP contribution in [0, 0.1) is 0 Å². The van der Waals surface area contributed by atoms with Gasteiger partial charge in [0.2, 0.25) is 5.88 Å². The Labute approximate surface area is 118 Å². The van der Waals surface area contributed by atoms with Gasteiger partial charge in [0.1, 0.15) is 6.61 Å². The molecule has 0 unspecified atom stereocenters. The Bertz CT molecular complexity index is 425. The zero-order valence-electron chi connectivity index (χ0n) is 11.8. The molecule has 1 aromatic heterocycles. The molecule has 0 atom stereocenters. The Hall–Kier alpha value is -1.86. The maximum Gasteiger partial charge on any atom is 0.356 e.